The van der Waals surface area contributed by atoms with Gasteiger partial charge in [-0.05, 0) is 0 Å². The number of rotatable bonds is 4. The molecule has 0 saturated carbocycles. The molecule has 2 N–H and O–H groups in total. The summed E-state index contributed by atoms with van der Waals surface area (Å²) in [6.45, 7) is -1.59. The summed E-state index contributed by atoms with van der Waals surface area (Å²) in [6, 6.07) is 0. The van der Waals surface area contributed by atoms with Gasteiger partial charge in [0.2, 0.25) is 5.91 Å². The van der Waals surface area contributed by atoms with Crippen molar-refractivity contribution in [1.29, 1.82) is 0 Å². The minimum atomic E-state index is -4.74. The first-order valence-corrected chi connectivity index (χ1v) is 5.34. The number of amides is 1. The van der Waals surface area contributed by atoms with Gasteiger partial charge in [-0.2, -0.15) is 13.2 Å². The lowest BCUT2D eigenvalue weighted by atomic mass is 10.4. The Morgan fingerprint density at radius 1 is 1.44 bits per heavy atom. The van der Waals surface area contributed by atoms with Crippen molar-refractivity contribution < 1.29 is 27.9 Å². The highest BCUT2D eigenvalue weighted by Gasteiger charge is 2.35. The number of aliphatic carboxylic acids is 1. The highest BCUT2D eigenvalue weighted by molar-refractivity contribution is 7.07. The zero-order valence-corrected chi connectivity index (χ0v) is 9.47. The topological polar surface area (TPSA) is 88.4 Å². The molecule has 0 aliphatic rings. The number of thiazole rings is 1. The Bertz CT molecular complexity index is 519. The maximum atomic E-state index is 12.4. The van der Waals surface area contributed by atoms with Crippen molar-refractivity contribution in [2.24, 2.45) is 0 Å². The van der Waals surface area contributed by atoms with Crippen LogP contribution in [0.15, 0.2) is 10.2 Å². The van der Waals surface area contributed by atoms with Crippen LogP contribution in [0.5, 0.6) is 0 Å². The second-order valence-corrected chi connectivity index (χ2v) is 3.96. The number of nitrogens with one attached hydrogen (secondary N) is 1. The van der Waals surface area contributed by atoms with Crippen molar-refractivity contribution in [2.75, 3.05) is 6.54 Å². The van der Waals surface area contributed by atoms with Crippen LogP contribution in [0.2, 0.25) is 0 Å². The van der Waals surface area contributed by atoms with Crippen LogP contribution < -0.4 is 10.2 Å². The van der Waals surface area contributed by atoms with Gasteiger partial charge in [0.25, 0.3) is 0 Å². The van der Waals surface area contributed by atoms with Crippen LogP contribution >= 0.6 is 11.3 Å². The summed E-state index contributed by atoms with van der Waals surface area (Å²) in [4.78, 5) is 31.5. The van der Waals surface area contributed by atoms with E-state index in [1.54, 1.807) is 0 Å². The molecule has 18 heavy (non-hydrogen) atoms. The fourth-order valence-corrected chi connectivity index (χ4v) is 1.84. The Morgan fingerprint density at radius 3 is 2.56 bits per heavy atom. The zero-order valence-electron chi connectivity index (χ0n) is 8.65. The highest BCUT2D eigenvalue weighted by atomic mass is 32.1. The number of alkyl halides is 3. The Labute approximate surface area is 102 Å². The van der Waals surface area contributed by atoms with Gasteiger partial charge in [0, 0.05) is 5.38 Å². The zero-order chi connectivity index (χ0) is 13.9. The molecule has 0 unspecified atom stereocenters. The third kappa shape index (κ3) is 3.58. The predicted molar refractivity (Wildman–Crippen MR) is 54.2 cm³/mol. The fourth-order valence-electron chi connectivity index (χ4n) is 1.08. The van der Waals surface area contributed by atoms with E-state index in [-0.39, 0.29) is 4.57 Å². The summed E-state index contributed by atoms with van der Waals surface area (Å²) in [6.07, 6.45) is -4.74. The van der Waals surface area contributed by atoms with Crippen molar-refractivity contribution in [1.82, 2.24) is 9.88 Å². The average Bonchev–Trinajstić information content (AvgIpc) is 2.57. The van der Waals surface area contributed by atoms with Gasteiger partial charge in [0.15, 0.2) is 0 Å². The molecule has 1 rings (SSSR count). The number of hydrogen-bond acceptors (Lipinski definition) is 4. The summed E-state index contributed by atoms with van der Waals surface area (Å²) in [5, 5.41) is 10.7. The molecule has 1 heterocycles. The van der Waals surface area contributed by atoms with Crippen molar-refractivity contribution in [3.8, 4) is 0 Å². The quantitative estimate of drug-likeness (QED) is 0.822. The third-order valence-electron chi connectivity index (χ3n) is 1.81. The molecule has 0 spiro atoms. The third-order valence-corrected chi connectivity index (χ3v) is 2.57. The Kier molecular flexibility index (Phi) is 4.11. The van der Waals surface area contributed by atoms with Crippen LogP contribution in [0.3, 0.4) is 0 Å². The molecule has 100 valence electrons. The molecule has 0 aliphatic carbocycles. The summed E-state index contributed by atoms with van der Waals surface area (Å²) in [5.74, 6) is -2.32. The van der Waals surface area contributed by atoms with E-state index >= 15 is 0 Å². The van der Waals surface area contributed by atoms with E-state index in [0.717, 1.165) is 0 Å². The smallest absolute Gasteiger partial charge is 0.432 e. The number of aromatic nitrogens is 1. The normalized spacial score (nSPS) is 11.3. The molecule has 10 heteroatoms. The standard InChI is InChI=1S/C8H7F3N2O4S/c9-8(10,11)4-3-18-7(17)13(4)2-5(14)12-1-6(15)16/h3H,1-2H2,(H,12,14)(H,15,16). The number of carboxylic acids is 1. The van der Waals surface area contributed by atoms with E-state index in [0.29, 0.717) is 16.7 Å². The lowest BCUT2D eigenvalue weighted by Gasteiger charge is -2.09. The molecule has 0 aromatic carbocycles. The Morgan fingerprint density at radius 2 is 2.06 bits per heavy atom. The van der Waals surface area contributed by atoms with Crippen molar-refractivity contribution in [3.05, 3.63) is 20.7 Å². The van der Waals surface area contributed by atoms with Gasteiger partial charge in [-0.15, -0.1) is 0 Å². The monoisotopic (exact) mass is 284 g/mol. The number of carbonyl (C=O) groups excluding carboxylic acids is 1. The highest BCUT2D eigenvalue weighted by Crippen LogP contribution is 2.29. The summed E-state index contributed by atoms with van der Waals surface area (Å²) in [7, 11) is 0. The molecule has 6 nitrogen and oxygen atoms in total. The molecule has 0 atom stereocenters. The van der Waals surface area contributed by atoms with E-state index in [9.17, 15) is 27.6 Å². The molecular formula is C8H7F3N2O4S. The van der Waals surface area contributed by atoms with Crippen molar-refractivity contribution in [2.45, 2.75) is 12.7 Å². The predicted octanol–water partition coefficient (Wildman–Crippen LogP) is 0.129. The van der Waals surface area contributed by atoms with E-state index in [4.69, 9.17) is 5.11 Å². The molecule has 0 radical (unpaired) electrons. The first kappa shape index (κ1) is 14.2. The summed E-state index contributed by atoms with van der Waals surface area (Å²) >= 11 is 0.315. The number of hydrogen-bond donors (Lipinski definition) is 2. The second kappa shape index (κ2) is 5.21. The van der Waals surface area contributed by atoms with E-state index in [1.165, 1.54) is 0 Å². The minimum absolute atomic E-state index is 0.252. The summed E-state index contributed by atoms with van der Waals surface area (Å²) < 4.78 is 37.6. The number of nitrogens with zero attached hydrogens (tertiary/aromatic N) is 1. The molecule has 1 aromatic heterocycles. The van der Waals surface area contributed by atoms with Crippen molar-refractivity contribution in [3.63, 3.8) is 0 Å². The van der Waals surface area contributed by atoms with Crippen LogP contribution in [-0.4, -0.2) is 28.1 Å². The van der Waals surface area contributed by atoms with E-state index < -0.39 is 41.7 Å². The molecule has 1 aromatic rings. The number of halogens is 3. The molecular weight excluding hydrogens is 277 g/mol. The van der Waals surface area contributed by atoms with Crippen LogP contribution in [0, 0.1) is 0 Å². The lowest BCUT2D eigenvalue weighted by molar-refractivity contribution is -0.144. The van der Waals surface area contributed by atoms with Crippen molar-refractivity contribution >= 4 is 23.2 Å². The molecule has 0 aliphatic heterocycles. The number of carboxylic acid groups (broad SMARTS) is 1. The Hall–Kier alpha value is -1.84. The minimum Gasteiger partial charge on any atom is -0.480 e. The van der Waals surface area contributed by atoms with Gasteiger partial charge in [-0.3, -0.25) is 19.0 Å². The first-order valence-electron chi connectivity index (χ1n) is 4.46. The van der Waals surface area contributed by atoms with Gasteiger partial charge in [0.05, 0.1) is 0 Å². The SMILES string of the molecule is O=C(O)CNC(=O)Cn1c(C(F)(F)F)csc1=O. The van der Waals surface area contributed by atoms with Crippen LogP contribution in [0.1, 0.15) is 5.69 Å². The maximum absolute atomic E-state index is 12.4. The maximum Gasteiger partial charge on any atom is 0.432 e. The average molecular weight is 284 g/mol. The Balaban J connectivity index is 2.85. The molecule has 1 amide bonds. The van der Waals surface area contributed by atoms with E-state index in [2.05, 4.69) is 0 Å². The molecule has 0 bridgehead atoms. The lowest BCUT2D eigenvalue weighted by Crippen LogP contribution is -2.35. The first-order chi connectivity index (χ1) is 8.21. The molecule has 0 fully saturated rings. The number of carbonyl (C=O) groups is 2. The summed E-state index contributed by atoms with van der Waals surface area (Å²) in [5.41, 5.74) is -1.23. The largest absolute Gasteiger partial charge is 0.480 e. The van der Waals surface area contributed by atoms with Gasteiger partial charge < -0.3 is 10.4 Å². The van der Waals surface area contributed by atoms with Crippen LogP contribution in [-0.2, 0) is 22.3 Å². The van der Waals surface area contributed by atoms with Gasteiger partial charge in [-0.25, -0.2) is 0 Å². The van der Waals surface area contributed by atoms with Gasteiger partial charge >= 0.3 is 17.0 Å². The second-order valence-electron chi connectivity index (χ2n) is 3.14. The molecule has 0 saturated heterocycles. The van der Waals surface area contributed by atoms with E-state index in [1.807, 2.05) is 5.32 Å². The van der Waals surface area contributed by atoms with Gasteiger partial charge in [-0.1, -0.05) is 11.3 Å². The fraction of sp³-hybridized carbons (Fsp3) is 0.375. The van der Waals surface area contributed by atoms with Crippen LogP contribution in [0.4, 0.5) is 13.2 Å². The van der Waals surface area contributed by atoms with Gasteiger partial charge in [0.1, 0.15) is 18.8 Å². The van der Waals surface area contributed by atoms with Crippen LogP contribution in [0.25, 0.3) is 0 Å².